The molecule has 6 heteroatoms. The molecular formula is C20H21N3O3. The van der Waals surface area contributed by atoms with Crippen molar-refractivity contribution in [3.8, 4) is 11.3 Å². The quantitative estimate of drug-likeness (QED) is 0.746. The Morgan fingerprint density at radius 2 is 2.12 bits per heavy atom. The van der Waals surface area contributed by atoms with Crippen molar-refractivity contribution in [2.75, 3.05) is 13.1 Å². The molecule has 0 amide bonds. The number of hydrogen-bond donors (Lipinski definition) is 0. The van der Waals surface area contributed by atoms with Gasteiger partial charge in [-0.2, -0.15) is 0 Å². The molecule has 1 aromatic heterocycles. The lowest BCUT2D eigenvalue weighted by molar-refractivity contribution is -0.146. The second-order valence-corrected chi connectivity index (χ2v) is 6.43. The highest BCUT2D eigenvalue weighted by atomic mass is 16.5. The molecule has 1 aromatic carbocycles. The predicted octanol–water partition coefficient (Wildman–Crippen LogP) is 3.07. The number of allylic oxidation sites excluding steroid dienone is 2. The Hall–Kier alpha value is -2.70. The first-order valence-corrected chi connectivity index (χ1v) is 8.77. The summed E-state index contributed by atoms with van der Waals surface area (Å²) in [7, 11) is 0. The third-order valence-corrected chi connectivity index (χ3v) is 4.72. The van der Waals surface area contributed by atoms with Crippen molar-refractivity contribution in [1.82, 2.24) is 15.2 Å². The van der Waals surface area contributed by atoms with E-state index in [2.05, 4.69) is 10.2 Å². The van der Waals surface area contributed by atoms with E-state index in [1.54, 1.807) is 6.08 Å². The Bertz CT molecular complexity index is 837. The number of carbonyl (C=O) groups is 1. The van der Waals surface area contributed by atoms with Gasteiger partial charge in [0.25, 0.3) is 0 Å². The lowest BCUT2D eigenvalue weighted by atomic mass is 10.1. The summed E-state index contributed by atoms with van der Waals surface area (Å²) in [5.74, 6) is 0.753. The van der Waals surface area contributed by atoms with E-state index >= 15 is 0 Å². The minimum atomic E-state index is -0.253. The number of hydrazine groups is 1. The lowest BCUT2D eigenvalue weighted by Gasteiger charge is -2.44. The van der Waals surface area contributed by atoms with E-state index in [0.29, 0.717) is 12.2 Å². The van der Waals surface area contributed by atoms with E-state index in [1.165, 1.54) is 0 Å². The van der Waals surface area contributed by atoms with Crippen LogP contribution in [0.1, 0.15) is 17.7 Å². The van der Waals surface area contributed by atoms with Crippen molar-refractivity contribution in [2.24, 2.45) is 0 Å². The summed E-state index contributed by atoms with van der Waals surface area (Å²) in [5, 5.41) is 8.38. The molecule has 1 saturated heterocycles. The van der Waals surface area contributed by atoms with Crippen molar-refractivity contribution in [3.05, 3.63) is 65.6 Å². The summed E-state index contributed by atoms with van der Waals surface area (Å²) >= 11 is 0. The molecule has 0 radical (unpaired) electrons. The van der Waals surface area contributed by atoms with Crippen LogP contribution in [0.5, 0.6) is 0 Å². The first-order valence-electron chi connectivity index (χ1n) is 8.77. The highest BCUT2D eigenvalue weighted by Crippen LogP contribution is 2.28. The van der Waals surface area contributed by atoms with Crippen LogP contribution in [0, 0.1) is 6.92 Å². The molecule has 0 bridgehead atoms. The molecule has 1 unspecified atom stereocenters. The minimum absolute atomic E-state index is 0.253. The molecular weight excluding hydrogens is 330 g/mol. The first-order chi connectivity index (χ1) is 12.8. The average molecular weight is 351 g/mol. The number of benzene rings is 1. The van der Waals surface area contributed by atoms with Crippen LogP contribution < -0.4 is 0 Å². The van der Waals surface area contributed by atoms with Gasteiger partial charge in [-0.15, -0.1) is 0 Å². The molecule has 0 aliphatic carbocycles. The van der Waals surface area contributed by atoms with Crippen molar-refractivity contribution >= 4 is 6.29 Å². The van der Waals surface area contributed by atoms with Crippen LogP contribution in [-0.4, -0.2) is 40.8 Å². The number of aldehydes is 1. The molecule has 6 nitrogen and oxygen atoms in total. The van der Waals surface area contributed by atoms with Crippen molar-refractivity contribution < 1.29 is 14.1 Å². The van der Waals surface area contributed by atoms with Crippen molar-refractivity contribution in [1.29, 1.82) is 0 Å². The van der Waals surface area contributed by atoms with Crippen LogP contribution in [0.15, 0.2) is 58.8 Å². The largest absolute Gasteiger partial charge is 0.361 e. The Kier molecular flexibility index (Phi) is 4.69. The van der Waals surface area contributed by atoms with Gasteiger partial charge in [-0.1, -0.05) is 35.5 Å². The second kappa shape index (κ2) is 7.27. The molecule has 4 rings (SSSR count). The molecule has 26 heavy (non-hydrogen) atoms. The number of aromatic nitrogens is 1. The van der Waals surface area contributed by atoms with E-state index in [1.807, 2.05) is 54.5 Å². The standard InChI is InChI=1S/C20H21N3O3/c1-15-18(20(21-26-15)17-6-3-2-4-7-17)14-25-19-9-8-16(13-24)12-23(19)22-10-5-11-22/h2-4,6-9,12-13,19H,5,10-11,14H2,1H3. The highest BCUT2D eigenvalue weighted by molar-refractivity contribution is 5.77. The molecule has 2 aromatic rings. The zero-order valence-electron chi connectivity index (χ0n) is 14.7. The second-order valence-electron chi connectivity index (χ2n) is 6.43. The maximum absolute atomic E-state index is 11.1. The summed E-state index contributed by atoms with van der Waals surface area (Å²) < 4.78 is 11.6. The van der Waals surface area contributed by atoms with E-state index < -0.39 is 0 Å². The summed E-state index contributed by atoms with van der Waals surface area (Å²) in [5.41, 5.74) is 3.40. The van der Waals surface area contributed by atoms with E-state index in [9.17, 15) is 4.79 Å². The summed E-state index contributed by atoms with van der Waals surface area (Å²) in [4.78, 5) is 11.1. The minimum Gasteiger partial charge on any atom is -0.361 e. The van der Waals surface area contributed by atoms with Crippen LogP contribution in [0.4, 0.5) is 0 Å². The molecule has 134 valence electrons. The van der Waals surface area contributed by atoms with Crippen molar-refractivity contribution in [3.63, 3.8) is 0 Å². The smallest absolute Gasteiger partial charge is 0.163 e. The van der Waals surface area contributed by atoms with Gasteiger partial charge in [0.2, 0.25) is 0 Å². The Morgan fingerprint density at radius 1 is 1.31 bits per heavy atom. The van der Waals surface area contributed by atoms with Gasteiger partial charge in [-0.05, 0) is 25.5 Å². The summed E-state index contributed by atoms with van der Waals surface area (Å²) in [6.07, 6.45) is 7.31. The Morgan fingerprint density at radius 3 is 2.81 bits per heavy atom. The Labute approximate surface area is 152 Å². The van der Waals surface area contributed by atoms with Crippen LogP contribution >= 0.6 is 0 Å². The third kappa shape index (κ3) is 3.21. The molecule has 0 N–H and O–H groups in total. The zero-order valence-corrected chi connectivity index (χ0v) is 14.7. The fraction of sp³-hybridized carbons (Fsp3) is 0.300. The van der Waals surface area contributed by atoms with E-state index in [4.69, 9.17) is 9.26 Å². The van der Waals surface area contributed by atoms with Crippen LogP contribution in [0.25, 0.3) is 11.3 Å². The Balaban J connectivity index is 1.52. The number of hydrogen-bond acceptors (Lipinski definition) is 6. The predicted molar refractivity (Wildman–Crippen MR) is 96.6 cm³/mol. The highest BCUT2D eigenvalue weighted by Gasteiger charge is 2.28. The number of ether oxygens (including phenoxy) is 1. The van der Waals surface area contributed by atoms with Crippen LogP contribution in [0.2, 0.25) is 0 Å². The third-order valence-electron chi connectivity index (χ3n) is 4.72. The SMILES string of the molecule is Cc1onc(-c2ccccc2)c1COC1C=CC(C=O)=CN1N1CCC1. The van der Waals surface area contributed by atoms with Gasteiger partial charge in [0.05, 0.1) is 6.61 Å². The van der Waals surface area contributed by atoms with Crippen LogP contribution in [0.3, 0.4) is 0 Å². The van der Waals surface area contributed by atoms with Gasteiger partial charge in [-0.3, -0.25) is 9.80 Å². The molecule has 0 saturated carbocycles. The van der Waals surface area contributed by atoms with Crippen LogP contribution in [-0.2, 0) is 16.1 Å². The molecule has 2 aliphatic rings. The number of rotatable bonds is 6. The maximum atomic E-state index is 11.1. The first kappa shape index (κ1) is 16.8. The van der Waals surface area contributed by atoms with Gasteiger partial charge in [0.1, 0.15) is 11.5 Å². The number of carbonyl (C=O) groups excluding carboxylic acids is 1. The van der Waals surface area contributed by atoms with Gasteiger partial charge in [0, 0.05) is 36.0 Å². The summed E-state index contributed by atoms with van der Waals surface area (Å²) in [6, 6.07) is 9.94. The number of nitrogens with zero attached hydrogens (tertiary/aromatic N) is 3. The fourth-order valence-corrected chi connectivity index (χ4v) is 3.08. The van der Waals surface area contributed by atoms with E-state index in [-0.39, 0.29) is 6.23 Å². The fourth-order valence-electron chi connectivity index (χ4n) is 3.08. The average Bonchev–Trinajstić information content (AvgIpc) is 3.00. The molecule has 3 heterocycles. The van der Waals surface area contributed by atoms with E-state index in [0.717, 1.165) is 48.4 Å². The van der Waals surface area contributed by atoms with Gasteiger partial charge < -0.3 is 9.26 Å². The topological polar surface area (TPSA) is 58.8 Å². The van der Waals surface area contributed by atoms with Gasteiger partial charge in [0.15, 0.2) is 12.5 Å². The summed E-state index contributed by atoms with van der Waals surface area (Å²) in [6.45, 7) is 4.21. The van der Waals surface area contributed by atoms with Gasteiger partial charge >= 0.3 is 0 Å². The number of aryl methyl sites for hydroxylation is 1. The molecule has 1 atom stereocenters. The van der Waals surface area contributed by atoms with Crippen molar-refractivity contribution in [2.45, 2.75) is 26.2 Å². The maximum Gasteiger partial charge on any atom is 0.163 e. The zero-order chi connectivity index (χ0) is 17.9. The normalized spacial score (nSPS) is 20.0. The lowest BCUT2D eigenvalue weighted by Crippen LogP contribution is -2.53. The molecule has 0 spiro atoms. The molecule has 2 aliphatic heterocycles. The monoisotopic (exact) mass is 351 g/mol. The van der Waals surface area contributed by atoms with Gasteiger partial charge in [-0.25, -0.2) is 5.01 Å². The molecule has 1 fully saturated rings.